The summed E-state index contributed by atoms with van der Waals surface area (Å²) >= 11 is 0. The molecule has 4 heteroatoms. The Balaban J connectivity index is 2.52. The van der Waals surface area contributed by atoms with E-state index in [1.54, 1.807) is 38.3 Å². The van der Waals surface area contributed by atoms with Gasteiger partial charge in [-0.3, -0.25) is 4.79 Å². The molecular weight excluding hydrogens is 230 g/mol. The number of hydrogen-bond acceptors (Lipinski definition) is 3. The molecule has 100 valence electrons. The largest absolute Gasteiger partial charge is 0.497 e. The Hall–Kier alpha value is -1.71. The van der Waals surface area contributed by atoms with Crippen LogP contribution in [0.1, 0.15) is 27.2 Å². The lowest BCUT2D eigenvalue weighted by Crippen LogP contribution is -2.40. The van der Waals surface area contributed by atoms with Crippen LogP contribution in [0, 0.1) is 0 Å². The van der Waals surface area contributed by atoms with Gasteiger partial charge in [0.05, 0.1) is 7.11 Å². The van der Waals surface area contributed by atoms with E-state index in [1.165, 1.54) is 0 Å². The molecule has 0 saturated carbocycles. The maximum absolute atomic E-state index is 11.8. The van der Waals surface area contributed by atoms with Crippen molar-refractivity contribution < 1.29 is 14.3 Å². The fraction of sp³-hybridized carbons (Fsp3) is 0.500. The zero-order valence-electron chi connectivity index (χ0n) is 11.4. The molecule has 2 atom stereocenters. The molecule has 0 heterocycles. The van der Waals surface area contributed by atoms with E-state index < -0.39 is 6.10 Å². The van der Waals surface area contributed by atoms with Crippen LogP contribution in [0.4, 0.5) is 0 Å². The lowest BCUT2D eigenvalue weighted by Gasteiger charge is -2.17. The molecule has 4 nitrogen and oxygen atoms in total. The van der Waals surface area contributed by atoms with Crippen molar-refractivity contribution >= 4 is 5.91 Å². The second-order valence-corrected chi connectivity index (χ2v) is 4.25. The monoisotopic (exact) mass is 251 g/mol. The van der Waals surface area contributed by atoms with Crippen LogP contribution in [0.5, 0.6) is 11.5 Å². The maximum atomic E-state index is 11.8. The summed E-state index contributed by atoms with van der Waals surface area (Å²) in [6, 6.07) is 7.33. The lowest BCUT2D eigenvalue weighted by atomic mass is 10.2. The van der Waals surface area contributed by atoms with Crippen LogP contribution < -0.4 is 14.8 Å². The minimum atomic E-state index is -0.507. The second kappa shape index (κ2) is 6.89. The first-order valence-electron chi connectivity index (χ1n) is 6.18. The normalized spacial score (nSPS) is 13.6. The van der Waals surface area contributed by atoms with Gasteiger partial charge in [-0.25, -0.2) is 0 Å². The standard InChI is InChI=1S/C14H21NO3/c1-5-10(2)15-14(16)11(3)18-13-8-6-12(17-4)7-9-13/h6-11H,5H2,1-4H3,(H,15,16)/t10-,11-/m1/s1. The molecule has 0 spiro atoms. The number of ether oxygens (including phenoxy) is 2. The Kier molecular flexibility index (Phi) is 5.49. The van der Waals surface area contributed by atoms with Gasteiger partial charge in [-0.1, -0.05) is 6.92 Å². The Bertz CT molecular complexity index is 375. The quantitative estimate of drug-likeness (QED) is 0.844. The molecule has 0 aliphatic rings. The SMILES string of the molecule is CC[C@@H](C)NC(=O)[C@@H](C)Oc1ccc(OC)cc1. The Morgan fingerprint density at radius 2 is 1.78 bits per heavy atom. The fourth-order valence-corrected chi connectivity index (χ4v) is 1.37. The van der Waals surface area contributed by atoms with Crippen molar-refractivity contribution in [2.45, 2.75) is 39.3 Å². The van der Waals surface area contributed by atoms with Gasteiger partial charge >= 0.3 is 0 Å². The van der Waals surface area contributed by atoms with E-state index in [2.05, 4.69) is 5.32 Å². The molecule has 1 aromatic carbocycles. The molecule has 0 fully saturated rings. The summed E-state index contributed by atoms with van der Waals surface area (Å²) in [7, 11) is 1.61. The summed E-state index contributed by atoms with van der Waals surface area (Å²) in [4.78, 5) is 11.8. The molecule has 18 heavy (non-hydrogen) atoms. The van der Waals surface area contributed by atoms with Crippen LogP contribution in [0.15, 0.2) is 24.3 Å². The number of rotatable bonds is 6. The van der Waals surface area contributed by atoms with E-state index >= 15 is 0 Å². The van der Waals surface area contributed by atoms with E-state index in [4.69, 9.17) is 9.47 Å². The number of carbonyl (C=O) groups excluding carboxylic acids is 1. The van der Waals surface area contributed by atoms with Crippen LogP contribution in [0.2, 0.25) is 0 Å². The highest BCUT2D eigenvalue weighted by Crippen LogP contribution is 2.18. The maximum Gasteiger partial charge on any atom is 0.260 e. The van der Waals surface area contributed by atoms with Crippen LogP contribution in [-0.2, 0) is 4.79 Å². The first-order chi connectivity index (χ1) is 8.56. The van der Waals surface area contributed by atoms with Crippen molar-refractivity contribution in [2.24, 2.45) is 0 Å². The van der Waals surface area contributed by atoms with Crippen LogP contribution in [0.3, 0.4) is 0 Å². The average Bonchev–Trinajstić information content (AvgIpc) is 2.39. The summed E-state index contributed by atoms with van der Waals surface area (Å²) in [5.74, 6) is 1.32. The highest BCUT2D eigenvalue weighted by Gasteiger charge is 2.15. The number of carbonyl (C=O) groups is 1. The number of nitrogens with one attached hydrogen (secondary N) is 1. The van der Waals surface area contributed by atoms with Gasteiger partial charge < -0.3 is 14.8 Å². The van der Waals surface area contributed by atoms with E-state index in [0.29, 0.717) is 5.75 Å². The first-order valence-corrected chi connectivity index (χ1v) is 6.18. The lowest BCUT2D eigenvalue weighted by molar-refractivity contribution is -0.127. The van der Waals surface area contributed by atoms with Gasteiger partial charge in [-0.05, 0) is 44.5 Å². The van der Waals surface area contributed by atoms with E-state index in [1.807, 2.05) is 13.8 Å². The second-order valence-electron chi connectivity index (χ2n) is 4.25. The minimum absolute atomic E-state index is 0.0971. The molecule has 0 saturated heterocycles. The van der Waals surface area contributed by atoms with Gasteiger partial charge in [0, 0.05) is 6.04 Å². The molecule has 0 aliphatic heterocycles. The van der Waals surface area contributed by atoms with Gasteiger partial charge in [0.1, 0.15) is 11.5 Å². The van der Waals surface area contributed by atoms with Gasteiger partial charge in [-0.15, -0.1) is 0 Å². The minimum Gasteiger partial charge on any atom is -0.497 e. The smallest absolute Gasteiger partial charge is 0.260 e. The molecule has 1 amide bonds. The van der Waals surface area contributed by atoms with Crippen molar-refractivity contribution in [3.05, 3.63) is 24.3 Å². The predicted molar refractivity (Wildman–Crippen MR) is 71.0 cm³/mol. The molecule has 0 aliphatic carbocycles. The Labute approximate surface area is 108 Å². The van der Waals surface area contributed by atoms with E-state index in [0.717, 1.165) is 12.2 Å². The summed E-state index contributed by atoms with van der Waals surface area (Å²) < 4.78 is 10.6. The molecule has 0 aromatic heterocycles. The van der Waals surface area contributed by atoms with Crippen LogP contribution in [-0.4, -0.2) is 25.2 Å². The third kappa shape index (κ3) is 4.28. The molecular formula is C14H21NO3. The van der Waals surface area contributed by atoms with Crippen molar-refractivity contribution in [1.82, 2.24) is 5.32 Å². The number of hydrogen-bond donors (Lipinski definition) is 1. The highest BCUT2D eigenvalue weighted by molar-refractivity contribution is 5.80. The average molecular weight is 251 g/mol. The fourth-order valence-electron chi connectivity index (χ4n) is 1.37. The van der Waals surface area contributed by atoms with Crippen molar-refractivity contribution in [1.29, 1.82) is 0 Å². The molecule has 0 bridgehead atoms. The van der Waals surface area contributed by atoms with Crippen LogP contribution >= 0.6 is 0 Å². The zero-order chi connectivity index (χ0) is 13.5. The number of amides is 1. The number of benzene rings is 1. The van der Waals surface area contributed by atoms with E-state index in [9.17, 15) is 4.79 Å². The van der Waals surface area contributed by atoms with Gasteiger partial charge in [0.25, 0.3) is 5.91 Å². The van der Waals surface area contributed by atoms with Crippen LogP contribution in [0.25, 0.3) is 0 Å². The van der Waals surface area contributed by atoms with Crippen molar-refractivity contribution in [3.63, 3.8) is 0 Å². The Morgan fingerprint density at radius 3 is 2.28 bits per heavy atom. The van der Waals surface area contributed by atoms with Gasteiger partial charge in [-0.2, -0.15) is 0 Å². The molecule has 0 radical (unpaired) electrons. The predicted octanol–water partition coefficient (Wildman–Crippen LogP) is 2.38. The molecule has 1 aromatic rings. The summed E-state index contributed by atoms with van der Waals surface area (Å²) in [6.07, 6.45) is 0.397. The number of methoxy groups -OCH3 is 1. The molecule has 0 unspecified atom stereocenters. The van der Waals surface area contributed by atoms with Crippen molar-refractivity contribution in [2.75, 3.05) is 7.11 Å². The topological polar surface area (TPSA) is 47.6 Å². The van der Waals surface area contributed by atoms with Crippen molar-refractivity contribution in [3.8, 4) is 11.5 Å². The summed E-state index contributed by atoms with van der Waals surface area (Å²) in [5, 5.41) is 2.88. The van der Waals surface area contributed by atoms with Gasteiger partial charge in [0.15, 0.2) is 6.10 Å². The third-order valence-electron chi connectivity index (χ3n) is 2.74. The zero-order valence-corrected chi connectivity index (χ0v) is 11.4. The van der Waals surface area contributed by atoms with Gasteiger partial charge in [0.2, 0.25) is 0 Å². The van der Waals surface area contributed by atoms with E-state index in [-0.39, 0.29) is 11.9 Å². The third-order valence-corrected chi connectivity index (χ3v) is 2.74. The Morgan fingerprint density at radius 1 is 1.22 bits per heavy atom. The highest BCUT2D eigenvalue weighted by atomic mass is 16.5. The first kappa shape index (κ1) is 14.4. The molecule has 1 N–H and O–H groups in total. The molecule has 1 rings (SSSR count). The summed E-state index contributed by atoms with van der Waals surface area (Å²) in [5.41, 5.74) is 0. The summed E-state index contributed by atoms with van der Waals surface area (Å²) in [6.45, 7) is 5.74.